The molecule has 6 heteroatoms. The van der Waals surface area contributed by atoms with E-state index < -0.39 is 0 Å². The van der Waals surface area contributed by atoms with Gasteiger partial charge in [-0.25, -0.2) is 9.07 Å². The van der Waals surface area contributed by atoms with Crippen molar-refractivity contribution < 1.29 is 9.13 Å². The molecule has 0 aliphatic rings. The van der Waals surface area contributed by atoms with Crippen molar-refractivity contribution in [2.45, 2.75) is 20.4 Å². The number of hydrogen-bond donors (Lipinski definition) is 1. The highest BCUT2D eigenvalue weighted by atomic mass is 79.9. The van der Waals surface area contributed by atoms with Crippen molar-refractivity contribution in [2.75, 3.05) is 5.73 Å². The Morgan fingerprint density at radius 1 is 1.50 bits per heavy atom. The molecule has 1 heterocycles. The molecule has 96 valence electrons. The van der Waals surface area contributed by atoms with E-state index in [4.69, 9.17) is 10.5 Å². The maximum Gasteiger partial charge on any atom is 0.241 e. The average molecular weight is 314 g/mol. The predicted molar refractivity (Wildman–Crippen MR) is 71.2 cm³/mol. The zero-order valence-electron chi connectivity index (χ0n) is 10.1. The summed E-state index contributed by atoms with van der Waals surface area (Å²) in [5.74, 6) is 0.641. The first kappa shape index (κ1) is 12.9. The topological polar surface area (TPSA) is 53.1 Å². The molecule has 0 spiro atoms. The molecule has 18 heavy (non-hydrogen) atoms. The largest absolute Gasteiger partial charge is 0.436 e. The van der Waals surface area contributed by atoms with Gasteiger partial charge in [0.05, 0.1) is 10.2 Å². The van der Waals surface area contributed by atoms with Gasteiger partial charge in [-0.05, 0) is 48.0 Å². The zero-order valence-corrected chi connectivity index (χ0v) is 11.7. The van der Waals surface area contributed by atoms with Crippen LogP contribution in [-0.2, 0) is 6.54 Å². The third-order valence-corrected chi connectivity index (χ3v) is 3.15. The summed E-state index contributed by atoms with van der Waals surface area (Å²) in [5.41, 5.74) is 7.12. The number of benzene rings is 1. The van der Waals surface area contributed by atoms with Crippen molar-refractivity contribution in [2.24, 2.45) is 0 Å². The second-order valence-corrected chi connectivity index (χ2v) is 4.65. The maximum absolute atomic E-state index is 13.0. The fourth-order valence-corrected chi connectivity index (χ4v) is 1.99. The number of nitrogen functional groups attached to an aromatic ring is 1. The minimum atomic E-state index is -0.331. The van der Waals surface area contributed by atoms with E-state index >= 15 is 0 Å². The number of anilines is 1. The molecule has 0 aliphatic carbocycles. The van der Waals surface area contributed by atoms with Crippen molar-refractivity contribution in [3.63, 3.8) is 0 Å². The van der Waals surface area contributed by atoms with Crippen LogP contribution < -0.4 is 10.5 Å². The van der Waals surface area contributed by atoms with E-state index in [1.54, 1.807) is 10.7 Å². The van der Waals surface area contributed by atoms with Crippen LogP contribution in [0.4, 0.5) is 10.1 Å². The van der Waals surface area contributed by atoms with Crippen LogP contribution >= 0.6 is 15.9 Å². The Morgan fingerprint density at radius 3 is 2.83 bits per heavy atom. The second kappa shape index (κ2) is 4.97. The highest BCUT2D eigenvalue weighted by molar-refractivity contribution is 9.10. The van der Waals surface area contributed by atoms with Gasteiger partial charge in [-0.15, -0.1) is 0 Å². The number of nitrogens with zero attached hydrogens (tertiary/aromatic N) is 2. The number of nitrogens with two attached hydrogens (primary N) is 1. The fraction of sp³-hybridized carbons (Fsp3) is 0.250. The number of aromatic nitrogens is 2. The van der Waals surface area contributed by atoms with E-state index in [1.807, 2.05) is 13.8 Å². The molecule has 2 N–H and O–H groups in total. The Labute approximate surface area is 113 Å². The third kappa shape index (κ3) is 2.33. The minimum absolute atomic E-state index is 0.331. The quantitative estimate of drug-likeness (QED) is 0.943. The van der Waals surface area contributed by atoms with Gasteiger partial charge in [0, 0.05) is 6.54 Å². The highest BCUT2D eigenvalue weighted by Gasteiger charge is 2.15. The van der Waals surface area contributed by atoms with E-state index in [0.29, 0.717) is 34.0 Å². The summed E-state index contributed by atoms with van der Waals surface area (Å²) < 4.78 is 20.9. The molecule has 0 bridgehead atoms. The lowest BCUT2D eigenvalue weighted by molar-refractivity contribution is 0.415. The normalized spacial score (nSPS) is 10.7. The van der Waals surface area contributed by atoms with Crippen LogP contribution in [0.1, 0.15) is 12.6 Å². The maximum atomic E-state index is 13.0. The Hall–Kier alpha value is -1.56. The summed E-state index contributed by atoms with van der Waals surface area (Å²) in [6, 6.07) is 4.21. The number of rotatable bonds is 3. The van der Waals surface area contributed by atoms with Gasteiger partial charge in [-0.3, -0.25) is 0 Å². The first-order chi connectivity index (χ1) is 8.52. The first-order valence-corrected chi connectivity index (χ1v) is 6.28. The molecule has 4 nitrogen and oxygen atoms in total. The predicted octanol–water partition coefficient (Wildman–Crippen LogP) is 3.49. The van der Waals surface area contributed by atoms with Crippen molar-refractivity contribution in [3.05, 3.63) is 34.2 Å². The first-order valence-electron chi connectivity index (χ1n) is 5.48. The molecule has 2 rings (SSSR count). The standard InChI is InChI=1S/C12H13BrFN3O/c1-3-17-12(11(15)7(2)16-17)18-10-5-4-8(14)6-9(10)13/h4-6H,3,15H2,1-2H3. The van der Waals surface area contributed by atoms with Gasteiger partial charge in [-0.1, -0.05) is 0 Å². The third-order valence-electron chi connectivity index (χ3n) is 2.53. The summed E-state index contributed by atoms with van der Waals surface area (Å²) in [6.07, 6.45) is 0. The summed E-state index contributed by atoms with van der Waals surface area (Å²) in [7, 11) is 0. The SMILES string of the molecule is CCn1nc(C)c(N)c1Oc1ccc(F)cc1Br. The molecule has 0 unspecified atom stereocenters. The molecule has 0 aliphatic heterocycles. The molecule has 0 radical (unpaired) electrons. The van der Waals surface area contributed by atoms with Crippen LogP contribution in [-0.4, -0.2) is 9.78 Å². The Morgan fingerprint density at radius 2 is 2.22 bits per heavy atom. The molecule has 1 aromatic carbocycles. The van der Waals surface area contributed by atoms with Crippen LogP contribution in [0.25, 0.3) is 0 Å². The van der Waals surface area contributed by atoms with E-state index in [0.717, 1.165) is 0 Å². The van der Waals surface area contributed by atoms with Crippen LogP contribution in [0.5, 0.6) is 11.6 Å². The van der Waals surface area contributed by atoms with Crippen LogP contribution in [0.2, 0.25) is 0 Å². The summed E-state index contributed by atoms with van der Waals surface area (Å²) in [6.45, 7) is 4.40. The van der Waals surface area contributed by atoms with E-state index in [2.05, 4.69) is 21.0 Å². The molecule has 0 amide bonds. The van der Waals surface area contributed by atoms with Crippen molar-refractivity contribution in [1.82, 2.24) is 9.78 Å². The fourth-order valence-electron chi connectivity index (χ4n) is 1.56. The van der Waals surface area contributed by atoms with Crippen molar-refractivity contribution in [1.29, 1.82) is 0 Å². The molecule has 1 aromatic heterocycles. The van der Waals surface area contributed by atoms with E-state index in [9.17, 15) is 4.39 Å². The van der Waals surface area contributed by atoms with Gasteiger partial charge < -0.3 is 10.5 Å². The molecule has 0 saturated carbocycles. The smallest absolute Gasteiger partial charge is 0.241 e. The Bertz CT molecular complexity index is 583. The lowest BCUT2D eigenvalue weighted by atomic mass is 10.3. The number of halogens is 2. The van der Waals surface area contributed by atoms with E-state index in [-0.39, 0.29) is 5.82 Å². The van der Waals surface area contributed by atoms with Crippen LogP contribution in [0.3, 0.4) is 0 Å². The molecular formula is C12H13BrFN3O. The molecule has 2 aromatic rings. The molecule has 0 atom stereocenters. The van der Waals surface area contributed by atoms with Gasteiger partial charge in [0.2, 0.25) is 5.88 Å². The Kier molecular flexibility index (Phi) is 3.56. The van der Waals surface area contributed by atoms with Crippen molar-refractivity contribution >= 4 is 21.6 Å². The van der Waals surface area contributed by atoms with E-state index in [1.165, 1.54) is 12.1 Å². The van der Waals surface area contributed by atoms with Gasteiger partial charge in [0.25, 0.3) is 0 Å². The molecular weight excluding hydrogens is 301 g/mol. The Balaban J connectivity index is 2.39. The van der Waals surface area contributed by atoms with Gasteiger partial charge >= 0.3 is 0 Å². The lowest BCUT2D eigenvalue weighted by Gasteiger charge is -2.09. The minimum Gasteiger partial charge on any atom is -0.436 e. The van der Waals surface area contributed by atoms with Gasteiger partial charge in [-0.2, -0.15) is 5.10 Å². The second-order valence-electron chi connectivity index (χ2n) is 3.80. The van der Waals surface area contributed by atoms with Crippen LogP contribution in [0.15, 0.2) is 22.7 Å². The number of aryl methyl sites for hydroxylation is 2. The van der Waals surface area contributed by atoms with Gasteiger partial charge in [0.15, 0.2) is 0 Å². The number of ether oxygens (including phenoxy) is 1. The number of hydrogen-bond acceptors (Lipinski definition) is 3. The highest BCUT2D eigenvalue weighted by Crippen LogP contribution is 2.34. The zero-order chi connectivity index (χ0) is 13.3. The monoisotopic (exact) mass is 313 g/mol. The van der Waals surface area contributed by atoms with Crippen molar-refractivity contribution in [3.8, 4) is 11.6 Å². The summed E-state index contributed by atoms with van der Waals surface area (Å²) >= 11 is 3.25. The molecule has 0 saturated heterocycles. The summed E-state index contributed by atoms with van der Waals surface area (Å²) in [4.78, 5) is 0. The van der Waals surface area contributed by atoms with Gasteiger partial charge in [0.1, 0.15) is 17.3 Å². The summed E-state index contributed by atoms with van der Waals surface area (Å²) in [5, 5.41) is 4.25. The molecule has 0 fully saturated rings. The van der Waals surface area contributed by atoms with Crippen LogP contribution in [0, 0.1) is 12.7 Å². The average Bonchev–Trinajstić information content (AvgIpc) is 2.60. The lowest BCUT2D eigenvalue weighted by Crippen LogP contribution is -2.01.